The van der Waals surface area contributed by atoms with Crippen LogP contribution in [0.4, 0.5) is 0 Å². The Balaban J connectivity index is 3.60. The molecule has 0 rings (SSSR count). The lowest BCUT2D eigenvalue weighted by molar-refractivity contribution is -0.136. The molecule has 0 aromatic heterocycles. The van der Waals surface area contributed by atoms with Gasteiger partial charge in [-0.3, -0.25) is 4.79 Å². The van der Waals surface area contributed by atoms with E-state index in [2.05, 4.69) is 0 Å². The predicted molar refractivity (Wildman–Crippen MR) is 31.4 cm³/mol. The number of carbonyl (C=O) groups is 1. The van der Waals surface area contributed by atoms with Gasteiger partial charge in [-0.25, -0.2) is 0 Å². The van der Waals surface area contributed by atoms with Gasteiger partial charge in [0.2, 0.25) is 0 Å². The Morgan fingerprint density at radius 3 is 2.44 bits per heavy atom. The maximum atomic E-state index is 9.96. The highest BCUT2D eigenvalue weighted by atomic mass is 16.4. The zero-order chi connectivity index (χ0) is 7.28. The molecule has 0 aliphatic rings. The van der Waals surface area contributed by atoms with E-state index in [4.69, 9.17) is 10.4 Å². The average Bonchev–Trinajstić information content (AvgIpc) is 1.82. The Labute approximate surface area is 53.9 Å². The second-order valence-corrected chi connectivity index (χ2v) is 1.64. The highest BCUT2D eigenvalue weighted by molar-refractivity contribution is 5.70. The molecule has 9 heavy (non-hydrogen) atoms. The first-order chi connectivity index (χ1) is 4.20. The average molecular weight is 126 g/mol. The van der Waals surface area contributed by atoms with Gasteiger partial charge in [0.1, 0.15) is 0 Å². The molecule has 0 atom stereocenters. The zero-order valence-corrected chi connectivity index (χ0v) is 5.22. The molecule has 49 valence electrons. The first-order valence-electron chi connectivity index (χ1n) is 2.67. The smallest absolute Gasteiger partial charge is 0.305 e. The van der Waals surface area contributed by atoms with Crippen molar-refractivity contribution in [2.45, 2.75) is 19.8 Å². The van der Waals surface area contributed by atoms with E-state index in [1.807, 2.05) is 6.07 Å². The van der Waals surface area contributed by atoms with Crippen LogP contribution >= 0.6 is 0 Å². The Bertz CT molecular complexity index is 136. The number of rotatable bonds is 3. The molecule has 3 nitrogen and oxygen atoms in total. The summed E-state index contributed by atoms with van der Waals surface area (Å²) in [4.78, 5) is 9.96. The van der Waals surface area contributed by atoms with Gasteiger partial charge >= 0.3 is 5.97 Å². The Kier molecular flexibility index (Phi) is 3.45. The fourth-order valence-electron chi connectivity index (χ4n) is 0.426. The minimum absolute atomic E-state index is 0.118. The van der Waals surface area contributed by atoms with Crippen LogP contribution in [0, 0.1) is 17.2 Å². The number of aliphatic carboxylic acids is 1. The zero-order valence-electron chi connectivity index (χ0n) is 5.22. The van der Waals surface area contributed by atoms with E-state index in [9.17, 15) is 4.79 Å². The Hall–Kier alpha value is -1.04. The molecule has 0 bridgehead atoms. The molecule has 0 unspecified atom stereocenters. The lowest BCUT2D eigenvalue weighted by atomic mass is 10.1. The van der Waals surface area contributed by atoms with Crippen molar-refractivity contribution in [2.24, 2.45) is 0 Å². The number of hydrogen-bond acceptors (Lipinski definition) is 2. The quantitative estimate of drug-likeness (QED) is 0.612. The summed E-state index contributed by atoms with van der Waals surface area (Å²) in [7, 11) is 0. The third-order valence-corrected chi connectivity index (χ3v) is 0.950. The molecule has 1 N–H and O–H groups in total. The van der Waals surface area contributed by atoms with Crippen LogP contribution in [0.5, 0.6) is 0 Å². The van der Waals surface area contributed by atoms with E-state index in [1.54, 1.807) is 6.92 Å². The van der Waals surface area contributed by atoms with Crippen LogP contribution < -0.4 is 0 Å². The SMILES string of the molecule is CC[C](C#N)CC(=O)O. The van der Waals surface area contributed by atoms with Crippen LogP contribution in [0.2, 0.25) is 0 Å². The number of carboxylic acid groups (broad SMARTS) is 1. The lowest BCUT2D eigenvalue weighted by Gasteiger charge is -1.96. The lowest BCUT2D eigenvalue weighted by Crippen LogP contribution is -2.01. The standard InChI is InChI=1S/C6H8NO2/c1-2-5(4-7)3-6(8)9/h2-3H2,1H3,(H,8,9). The molecule has 1 radical (unpaired) electrons. The summed E-state index contributed by atoms with van der Waals surface area (Å²) in [6.45, 7) is 1.77. The van der Waals surface area contributed by atoms with Crippen molar-refractivity contribution in [3.8, 4) is 6.07 Å². The number of hydrogen-bond donors (Lipinski definition) is 1. The summed E-state index contributed by atoms with van der Waals surface area (Å²) < 4.78 is 0. The Morgan fingerprint density at radius 2 is 2.33 bits per heavy atom. The summed E-state index contributed by atoms with van der Waals surface area (Å²) >= 11 is 0. The van der Waals surface area contributed by atoms with E-state index in [0.717, 1.165) is 0 Å². The van der Waals surface area contributed by atoms with Gasteiger partial charge < -0.3 is 5.11 Å². The van der Waals surface area contributed by atoms with Crippen molar-refractivity contribution in [2.75, 3.05) is 0 Å². The summed E-state index contributed by atoms with van der Waals surface area (Å²) in [5, 5.41) is 16.4. The van der Waals surface area contributed by atoms with Gasteiger partial charge in [-0.05, 0) is 6.42 Å². The summed E-state index contributed by atoms with van der Waals surface area (Å²) in [5.74, 6) is -0.518. The first-order valence-corrected chi connectivity index (χ1v) is 2.67. The third-order valence-electron chi connectivity index (χ3n) is 0.950. The van der Waals surface area contributed by atoms with Crippen LogP contribution in [0.15, 0.2) is 0 Å². The summed E-state index contributed by atoms with van der Waals surface area (Å²) in [5.41, 5.74) is 0. The second-order valence-electron chi connectivity index (χ2n) is 1.64. The van der Waals surface area contributed by atoms with Crippen LogP contribution in [0.25, 0.3) is 0 Å². The molecule has 0 amide bonds. The fraction of sp³-hybridized carbons (Fsp3) is 0.500. The molecular formula is C6H8NO2. The molecule has 0 saturated carbocycles. The molecule has 0 fully saturated rings. The fourth-order valence-corrected chi connectivity index (χ4v) is 0.426. The molecule has 0 aliphatic heterocycles. The van der Waals surface area contributed by atoms with Gasteiger partial charge in [0.15, 0.2) is 0 Å². The minimum atomic E-state index is -0.937. The van der Waals surface area contributed by atoms with Crippen molar-refractivity contribution in [3.05, 3.63) is 5.92 Å². The molecule has 0 spiro atoms. The van der Waals surface area contributed by atoms with E-state index < -0.39 is 5.97 Å². The normalized spacial score (nSPS) is 9.00. The van der Waals surface area contributed by atoms with Gasteiger partial charge in [0.25, 0.3) is 0 Å². The maximum absolute atomic E-state index is 9.96. The van der Waals surface area contributed by atoms with Gasteiger partial charge in [-0.1, -0.05) is 6.92 Å². The highest BCUT2D eigenvalue weighted by Gasteiger charge is 2.09. The molecule has 0 aromatic rings. The number of nitriles is 1. The summed E-state index contributed by atoms with van der Waals surface area (Å²) in [6.07, 6.45) is 0.413. The monoisotopic (exact) mass is 126 g/mol. The van der Waals surface area contributed by atoms with Crippen molar-refractivity contribution >= 4 is 5.97 Å². The molecule has 0 aliphatic carbocycles. The molecule has 0 saturated heterocycles. The summed E-state index contributed by atoms with van der Waals surface area (Å²) in [6, 6.07) is 1.82. The van der Waals surface area contributed by atoms with Gasteiger partial charge in [-0.2, -0.15) is 5.26 Å². The van der Waals surface area contributed by atoms with Crippen LogP contribution in [0.3, 0.4) is 0 Å². The van der Waals surface area contributed by atoms with E-state index in [-0.39, 0.29) is 6.42 Å². The van der Waals surface area contributed by atoms with Crippen LogP contribution in [0.1, 0.15) is 19.8 Å². The van der Waals surface area contributed by atoms with E-state index in [1.165, 1.54) is 0 Å². The minimum Gasteiger partial charge on any atom is -0.481 e. The third kappa shape index (κ3) is 3.53. The Morgan fingerprint density at radius 1 is 1.78 bits per heavy atom. The van der Waals surface area contributed by atoms with Crippen LogP contribution in [-0.2, 0) is 4.79 Å². The number of carboxylic acids is 1. The molecule has 0 heterocycles. The first kappa shape index (κ1) is 7.96. The predicted octanol–water partition coefficient (Wildman–Crippen LogP) is 0.969. The van der Waals surface area contributed by atoms with Crippen molar-refractivity contribution in [3.63, 3.8) is 0 Å². The largest absolute Gasteiger partial charge is 0.481 e. The van der Waals surface area contributed by atoms with Crippen molar-refractivity contribution < 1.29 is 9.90 Å². The van der Waals surface area contributed by atoms with E-state index in [0.29, 0.717) is 12.3 Å². The van der Waals surface area contributed by atoms with Gasteiger partial charge in [0, 0.05) is 0 Å². The van der Waals surface area contributed by atoms with Crippen LogP contribution in [-0.4, -0.2) is 11.1 Å². The maximum Gasteiger partial charge on any atom is 0.305 e. The molecular weight excluding hydrogens is 118 g/mol. The second kappa shape index (κ2) is 3.90. The van der Waals surface area contributed by atoms with Crippen molar-refractivity contribution in [1.29, 1.82) is 5.26 Å². The van der Waals surface area contributed by atoms with Gasteiger partial charge in [-0.15, -0.1) is 0 Å². The van der Waals surface area contributed by atoms with Gasteiger partial charge in [0.05, 0.1) is 18.4 Å². The van der Waals surface area contributed by atoms with E-state index >= 15 is 0 Å². The van der Waals surface area contributed by atoms with Crippen molar-refractivity contribution in [1.82, 2.24) is 0 Å². The topological polar surface area (TPSA) is 61.1 Å². The molecule has 3 heteroatoms. The molecule has 0 aromatic carbocycles. The highest BCUT2D eigenvalue weighted by Crippen LogP contribution is 2.07. The number of nitrogens with zero attached hydrogens (tertiary/aromatic N) is 1.